The van der Waals surface area contributed by atoms with Crippen molar-refractivity contribution in [2.75, 3.05) is 46.4 Å². The normalized spacial score (nSPS) is 14.2. The Morgan fingerprint density at radius 2 is 1.62 bits per heavy atom. The molecule has 0 aliphatic carbocycles. The van der Waals surface area contributed by atoms with Crippen LogP contribution in [-0.4, -0.2) is 94.4 Å². The highest BCUT2D eigenvalue weighted by Crippen LogP contribution is 2.29. The molecule has 6 N–H and O–H groups in total. The monoisotopic (exact) mass is 761 g/mol. The molecule has 2 heterocycles. The number of aliphatic hydroxyl groups is 1. The van der Waals surface area contributed by atoms with Crippen LogP contribution in [-0.2, 0) is 0 Å². The summed E-state index contributed by atoms with van der Waals surface area (Å²) in [5, 5.41) is 36.7. The number of H-pyrrole nitrogens is 1. The van der Waals surface area contributed by atoms with Gasteiger partial charge in [0, 0.05) is 55.8 Å². The van der Waals surface area contributed by atoms with E-state index in [4.69, 9.17) is 4.74 Å². The molecule has 2 atom stereocenters. The molecule has 4 aromatic carbocycles. The average molecular weight is 762 g/mol. The molecule has 0 bridgehead atoms. The van der Waals surface area contributed by atoms with Crippen LogP contribution in [0.1, 0.15) is 68.8 Å². The number of carbonyl (C=O) groups is 3. The summed E-state index contributed by atoms with van der Waals surface area (Å²) in [6.45, 7) is 2.94. The lowest BCUT2D eigenvalue weighted by Gasteiger charge is -2.32. The second-order valence-electron chi connectivity index (χ2n) is 14.1. The SMILES string of the molecule is CN(CCCNCC(O)c1ccc(O)c2[nH]c(=O)ccc12)C(=O)c1ccc(C(=O)N2CCC(COc3cccc([C@@H](NC(=O)O)c4ccccc4)c3)CC2)cc1. The Morgan fingerprint density at radius 1 is 0.911 bits per heavy atom. The van der Waals surface area contributed by atoms with Crippen LogP contribution in [0.4, 0.5) is 4.79 Å². The number of nitrogens with one attached hydrogen (secondary N) is 3. The maximum Gasteiger partial charge on any atom is 0.405 e. The van der Waals surface area contributed by atoms with E-state index in [1.165, 1.54) is 12.1 Å². The minimum atomic E-state index is -1.11. The van der Waals surface area contributed by atoms with Gasteiger partial charge in [-0.15, -0.1) is 0 Å². The van der Waals surface area contributed by atoms with Crippen LogP contribution < -0.4 is 20.9 Å². The van der Waals surface area contributed by atoms with Gasteiger partial charge in [0.25, 0.3) is 11.8 Å². The summed E-state index contributed by atoms with van der Waals surface area (Å²) in [7, 11) is 1.72. The lowest BCUT2D eigenvalue weighted by atomic mass is 9.97. The minimum absolute atomic E-state index is 0.0665. The standard InChI is InChI=1S/C43H47N5O8/c1-47(22-6-21-44-26-37(50)34-15-17-36(49)40-35(34)16-18-38(51)45-40)41(52)30-11-13-31(14-12-30)42(53)48-23-19-28(20-24-48)27-56-33-10-5-9-32(25-33)39(46-43(54)55)29-7-3-2-4-8-29/h2-5,7-18,25,28,37,39,44,46,49-50H,6,19-24,26-27H2,1H3,(H,45,51)(H,54,55)/t37?,39-/m0/s1. The number of aliphatic hydroxyl groups excluding tert-OH is 1. The van der Waals surface area contributed by atoms with E-state index >= 15 is 0 Å². The first-order valence-electron chi connectivity index (χ1n) is 18.7. The number of carbonyl (C=O) groups excluding carboxylic acids is 2. The number of ether oxygens (including phenoxy) is 1. The predicted octanol–water partition coefficient (Wildman–Crippen LogP) is 5.31. The number of likely N-dealkylation sites (tertiary alicyclic amines) is 1. The molecule has 1 aliphatic heterocycles. The van der Waals surface area contributed by atoms with Crippen molar-refractivity contribution in [1.82, 2.24) is 25.4 Å². The van der Waals surface area contributed by atoms with Crippen LogP contribution in [0.3, 0.4) is 0 Å². The first-order chi connectivity index (χ1) is 27.1. The number of fused-ring (bicyclic) bond motifs is 1. The van der Waals surface area contributed by atoms with Crippen LogP contribution in [0, 0.1) is 5.92 Å². The van der Waals surface area contributed by atoms with Crippen molar-refractivity contribution in [2.45, 2.75) is 31.4 Å². The Morgan fingerprint density at radius 3 is 2.36 bits per heavy atom. The second-order valence-corrected chi connectivity index (χ2v) is 14.1. The number of amides is 3. The lowest BCUT2D eigenvalue weighted by Crippen LogP contribution is -2.39. The summed E-state index contributed by atoms with van der Waals surface area (Å²) in [6, 6.07) is 29.0. The van der Waals surface area contributed by atoms with E-state index in [9.17, 15) is 34.5 Å². The van der Waals surface area contributed by atoms with Gasteiger partial charge in [-0.3, -0.25) is 14.4 Å². The Kier molecular flexibility index (Phi) is 13.0. The second kappa shape index (κ2) is 18.4. The molecule has 13 heteroatoms. The highest BCUT2D eigenvalue weighted by Gasteiger charge is 2.25. The molecule has 1 unspecified atom stereocenters. The van der Waals surface area contributed by atoms with E-state index in [-0.39, 0.29) is 41.1 Å². The molecule has 0 radical (unpaired) electrons. The zero-order chi connectivity index (χ0) is 39.6. The molecular weight excluding hydrogens is 714 g/mol. The Hall–Kier alpha value is -6.18. The number of benzene rings is 4. The molecule has 292 valence electrons. The molecule has 0 saturated carbocycles. The van der Waals surface area contributed by atoms with E-state index in [2.05, 4.69) is 15.6 Å². The van der Waals surface area contributed by atoms with E-state index in [0.29, 0.717) is 67.0 Å². The van der Waals surface area contributed by atoms with Crippen molar-refractivity contribution in [3.05, 3.63) is 141 Å². The van der Waals surface area contributed by atoms with E-state index in [1.54, 1.807) is 48.3 Å². The molecule has 0 spiro atoms. The molecule has 5 aromatic rings. The fraction of sp³-hybridized carbons (Fsp3) is 0.302. The van der Waals surface area contributed by atoms with Crippen LogP contribution in [0.15, 0.2) is 108 Å². The largest absolute Gasteiger partial charge is 0.506 e. The first kappa shape index (κ1) is 39.5. The number of hydrogen-bond donors (Lipinski definition) is 6. The molecule has 1 fully saturated rings. The lowest BCUT2D eigenvalue weighted by molar-refractivity contribution is 0.0660. The van der Waals surface area contributed by atoms with Gasteiger partial charge < -0.3 is 45.5 Å². The third-order valence-electron chi connectivity index (χ3n) is 10.2. The van der Waals surface area contributed by atoms with Gasteiger partial charge in [-0.2, -0.15) is 0 Å². The number of phenols is 1. The third kappa shape index (κ3) is 9.92. The quantitative estimate of drug-likeness (QED) is 0.0770. The summed E-state index contributed by atoms with van der Waals surface area (Å²) in [6.07, 6.45) is 0.221. The van der Waals surface area contributed by atoms with Crippen LogP contribution in [0.2, 0.25) is 0 Å². The van der Waals surface area contributed by atoms with Gasteiger partial charge in [0.1, 0.15) is 11.5 Å². The molecule has 1 aliphatic rings. The van der Waals surface area contributed by atoms with Crippen LogP contribution >= 0.6 is 0 Å². The Bertz CT molecular complexity index is 2180. The number of aromatic nitrogens is 1. The highest BCUT2D eigenvalue weighted by molar-refractivity contribution is 5.97. The van der Waals surface area contributed by atoms with Gasteiger partial charge in [0.15, 0.2) is 0 Å². The van der Waals surface area contributed by atoms with Crippen LogP contribution in [0.5, 0.6) is 11.5 Å². The van der Waals surface area contributed by atoms with Gasteiger partial charge in [0.05, 0.1) is 24.3 Å². The molecule has 1 aromatic heterocycles. The third-order valence-corrected chi connectivity index (χ3v) is 10.2. The number of aromatic hydroxyl groups is 1. The van der Waals surface area contributed by atoms with Crippen molar-refractivity contribution in [3.8, 4) is 11.5 Å². The summed E-state index contributed by atoms with van der Waals surface area (Å²) in [4.78, 5) is 55.7. The summed E-state index contributed by atoms with van der Waals surface area (Å²) < 4.78 is 6.15. The van der Waals surface area contributed by atoms with Gasteiger partial charge in [-0.25, -0.2) is 4.79 Å². The number of aromatic amines is 1. The number of pyridine rings is 1. The predicted molar refractivity (Wildman–Crippen MR) is 212 cm³/mol. The van der Waals surface area contributed by atoms with Crippen LogP contribution in [0.25, 0.3) is 10.9 Å². The molecule has 13 nitrogen and oxygen atoms in total. The highest BCUT2D eigenvalue weighted by atomic mass is 16.5. The molecule has 3 amide bonds. The number of phenolic OH excluding ortho intramolecular Hbond substituents is 1. The molecule has 56 heavy (non-hydrogen) atoms. The van der Waals surface area contributed by atoms with Crippen molar-refractivity contribution >= 4 is 28.8 Å². The maximum atomic E-state index is 13.3. The zero-order valence-corrected chi connectivity index (χ0v) is 31.2. The van der Waals surface area contributed by atoms with Gasteiger partial charge in [-0.1, -0.05) is 48.5 Å². The Labute approximate surface area is 324 Å². The Balaban J connectivity index is 0.918. The number of rotatable bonds is 15. The number of carboxylic acid groups (broad SMARTS) is 1. The molecule has 6 rings (SSSR count). The van der Waals surface area contributed by atoms with E-state index in [1.807, 2.05) is 59.5 Å². The number of nitrogens with zero attached hydrogens (tertiary/aromatic N) is 2. The smallest absolute Gasteiger partial charge is 0.405 e. The minimum Gasteiger partial charge on any atom is -0.506 e. The average Bonchev–Trinajstić information content (AvgIpc) is 3.22. The first-order valence-corrected chi connectivity index (χ1v) is 18.7. The van der Waals surface area contributed by atoms with Crippen molar-refractivity contribution in [2.24, 2.45) is 5.92 Å². The van der Waals surface area contributed by atoms with Gasteiger partial charge >= 0.3 is 6.09 Å². The van der Waals surface area contributed by atoms with Crippen molar-refractivity contribution in [3.63, 3.8) is 0 Å². The zero-order valence-electron chi connectivity index (χ0n) is 31.2. The number of hydrogen-bond acceptors (Lipinski definition) is 8. The summed E-state index contributed by atoms with van der Waals surface area (Å²) in [5.41, 5.74) is 3.13. The van der Waals surface area contributed by atoms with Crippen molar-refractivity contribution < 1.29 is 34.4 Å². The van der Waals surface area contributed by atoms with E-state index in [0.717, 1.165) is 24.0 Å². The van der Waals surface area contributed by atoms with Gasteiger partial charge in [-0.05, 0) is 96.9 Å². The summed E-state index contributed by atoms with van der Waals surface area (Å²) in [5.74, 6) is 0.608. The fourth-order valence-electron chi connectivity index (χ4n) is 7.03. The fourth-order valence-corrected chi connectivity index (χ4v) is 7.03. The van der Waals surface area contributed by atoms with E-state index < -0.39 is 18.2 Å². The molecular formula is C43H47N5O8. The van der Waals surface area contributed by atoms with Crippen molar-refractivity contribution in [1.29, 1.82) is 0 Å². The number of piperidine rings is 1. The molecule has 1 saturated heterocycles. The topological polar surface area (TPSA) is 185 Å². The van der Waals surface area contributed by atoms with Gasteiger partial charge in [0.2, 0.25) is 5.56 Å². The maximum absolute atomic E-state index is 13.3. The summed E-state index contributed by atoms with van der Waals surface area (Å²) >= 11 is 0.